The van der Waals surface area contributed by atoms with Crippen LogP contribution in [0.5, 0.6) is 5.75 Å². The number of Topliss-reactive ketones (excluding diaryl/α,β-unsaturated/α-hetero) is 3. The molecule has 0 radical (unpaired) electrons. The molecule has 218 valence electrons. The minimum Gasteiger partial charge on any atom is -0.511 e. The van der Waals surface area contributed by atoms with Crippen LogP contribution >= 0.6 is 0 Å². The fourth-order valence-corrected chi connectivity index (χ4v) is 5.74. The molecule has 1 aromatic rings. The van der Waals surface area contributed by atoms with Crippen molar-refractivity contribution < 1.29 is 54.1 Å². The van der Waals surface area contributed by atoms with Crippen LogP contribution in [0.2, 0.25) is 0 Å². The molecule has 0 aliphatic heterocycles. The number of hydrogen-bond acceptors (Lipinski definition) is 12. The topological polar surface area (TPSA) is 206 Å². The molecule has 3 aliphatic carbocycles. The predicted octanol–water partition coefficient (Wildman–Crippen LogP) is 0.877. The van der Waals surface area contributed by atoms with E-state index in [0.29, 0.717) is 0 Å². The predicted molar refractivity (Wildman–Crippen MR) is 139 cm³/mol. The lowest BCUT2D eigenvalue weighted by molar-refractivity contribution is -0.185. The van der Waals surface area contributed by atoms with Crippen LogP contribution in [-0.2, 0) is 14.3 Å². The van der Waals surface area contributed by atoms with Crippen LogP contribution in [0.3, 0.4) is 0 Å². The monoisotopic (exact) mass is 561 g/mol. The zero-order valence-corrected chi connectivity index (χ0v) is 22.5. The molecule has 3 aliphatic rings. The van der Waals surface area contributed by atoms with Crippen LogP contribution in [0.15, 0.2) is 40.9 Å². The number of aliphatic hydroxyl groups is 5. The van der Waals surface area contributed by atoms with E-state index in [1.807, 2.05) is 0 Å². The van der Waals surface area contributed by atoms with E-state index in [1.54, 1.807) is 6.92 Å². The average molecular weight is 562 g/mol. The summed E-state index contributed by atoms with van der Waals surface area (Å²) in [5.41, 5.74) is 3.54. The Morgan fingerprint density at radius 3 is 2.45 bits per heavy atom. The van der Waals surface area contributed by atoms with Crippen LogP contribution in [-0.4, -0.2) is 93.3 Å². The van der Waals surface area contributed by atoms with Crippen molar-refractivity contribution >= 4 is 17.3 Å². The lowest BCUT2D eigenvalue weighted by atomic mass is 9.63. The lowest BCUT2D eigenvalue weighted by Gasteiger charge is -2.44. The van der Waals surface area contributed by atoms with Crippen LogP contribution in [0, 0.1) is 11.8 Å². The molecule has 0 bridgehead atoms. The fourth-order valence-electron chi connectivity index (χ4n) is 5.74. The van der Waals surface area contributed by atoms with Gasteiger partial charge in [0.05, 0.1) is 36.7 Å². The van der Waals surface area contributed by atoms with Crippen molar-refractivity contribution in [3.8, 4) is 5.75 Å². The van der Waals surface area contributed by atoms with Crippen molar-refractivity contribution in [1.29, 1.82) is 0 Å². The SMILES string of the molecule is CCOC(CC(N)C(C)O)O[C@H]1C[C@](O)(C(=O)CO)CC2=C(O)C3C(=O)c4cccc(OC)c4C(=O)C3C(O)=C21. The Balaban J connectivity index is 1.87. The van der Waals surface area contributed by atoms with Gasteiger partial charge in [0.1, 0.15) is 29.5 Å². The minimum atomic E-state index is -2.23. The molecule has 4 rings (SSSR count). The third-order valence-corrected chi connectivity index (χ3v) is 7.89. The molecule has 5 unspecified atom stereocenters. The summed E-state index contributed by atoms with van der Waals surface area (Å²) in [6.07, 6.45) is -4.35. The summed E-state index contributed by atoms with van der Waals surface area (Å²) in [6, 6.07) is 3.66. The van der Waals surface area contributed by atoms with Gasteiger partial charge in [-0.3, -0.25) is 14.4 Å². The number of carbonyl (C=O) groups is 3. The molecular formula is C28H35NO11. The van der Waals surface area contributed by atoms with E-state index in [4.69, 9.17) is 19.9 Å². The number of rotatable bonds is 10. The second-order valence-electron chi connectivity index (χ2n) is 10.4. The van der Waals surface area contributed by atoms with Gasteiger partial charge in [0.15, 0.2) is 23.6 Å². The van der Waals surface area contributed by atoms with E-state index >= 15 is 0 Å². The number of benzene rings is 1. The zero-order valence-electron chi connectivity index (χ0n) is 22.5. The largest absolute Gasteiger partial charge is 0.511 e. The number of aliphatic hydroxyl groups excluding tert-OH is 4. The van der Waals surface area contributed by atoms with Gasteiger partial charge in [-0.1, -0.05) is 12.1 Å². The van der Waals surface area contributed by atoms with Crippen molar-refractivity contribution in [3.63, 3.8) is 0 Å². The van der Waals surface area contributed by atoms with E-state index in [9.17, 15) is 39.9 Å². The molecule has 0 heterocycles. The van der Waals surface area contributed by atoms with Gasteiger partial charge >= 0.3 is 0 Å². The van der Waals surface area contributed by atoms with Gasteiger partial charge in [-0.15, -0.1) is 0 Å². The summed E-state index contributed by atoms with van der Waals surface area (Å²) >= 11 is 0. The minimum absolute atomic E-state index is 0.00262. The smallest absolute Gasteiger partial charge is 0.190 e. The maximum absolute atomic E-state index is 13.7. The molecule has 0 spiro atoms. The van der Waals surface area contributed by atoms with E-state index < -0.39 is 90.3 Å². The first kappa shape index (κ1) is 29.8. The number of methoxy groups -OCH3 is 1. The Kier molecular flexibility index (Phi) is 8.50. The summed E-state index contributed by atoms with van der Waals surface area (Å²) in [5.74, 6) is -6.29. The number of ketones is 3. The first-order chi connectivity index (χ1) is 18.9. The van der Waals surface area contributed by atoms with Crippen molar-refractivity contribution in [2.45, 2.75) is 63.3 Å². The van der Waals surface area contributed by atoms with E-state index in [1.165, 1.54) is 32.2 Å². The maximum atomic E-state index is 13.7. The highest BCUT2D eigenvalue weighted by Gasteiger charge is 2.56. The molecule has 1 aromatic carbocycles. The van der Waals surface area contributed by atoms with Crippen LogP contribution in [0.25, 0.3) is 0 Å². The third kappa shape index (κ3) is 4.95. The summed E-state index contributed by atoms with van der Waals surface area (Å²) < 4.78 is 17.0. The van der Waals surface area contributed by atoms with Crippen LogP contribution < -0.4 is 10.5 Å². The van der Waals surface area contributed by atoms with Crippen molar-refractivity contribution in [2.75, 3.05) is 20.3 Å². The molecule has 1 saturated carbocycles. The zero-order chi connectivity index (χ0) is 29.5. The molecule has 0 saturated heterocycles. The number of hydrogen-bond donors (Lipinski definition) is 6. The molecule has 40 heavy (non-hydrogen) atoms. The molecule has 1 fully saturated rings. The summed E-state index contributed by atoms with van der Waals surface area (Å²) in [4.78, 5) is 40.0. The molecule has 12 nitrogen and oxygen atoms in total. The van der Waals surface area contributed by atoms with Gasteiger partial charge in [-0.25, -0.2) is 0 Å². The van der Waals surface area contributed by atoms with E-state index in [-0.39, 0.29) is 41.1 Å². The number of allylic oxidation sites excluding steroid dienone is 2. The van der Waals surface area contributed by atoms with Gasteiger partial charge in [0.2, 0.25) is 0 Å². The third-order valence-electron chi connectivity index (χ3n) is 7.89. The Hall–Kier alpha value is -3.13. The fraction of sp³-hybridized carbons (Fsp3) is 0.536. The normalized spacial score (nSPS) is 28.4. The highest BCUT2D eigenvalue weighted by atomic mass is 16.7. The van der Waals surface area contributed by atoms with Gasteiger partial charge in [0.25, 0.3) is 0 Å². The van der Waals surface area contributed by atoms with Gasteiger partial charge in [0, 0.05) is 48.6 Å². The Morgan fingerprint density at radius 1 is 1.18 bits per heavy atom. The Labute approximate surface area is 230 Å². The van der Waals surface area contributed by atoms with E-state index in [2.05, 4.69) is 0 Å². The molecule has 7 atom stereocenters. The number of nitrogens with two attached hydrogens (primary N) is 1. The number of fused-ring (bicyclic) bond motifs is 3. The summed E-state index contributed by atoms with van der Waals surface area (Å²) in [5, 5.41) is 53.7. The standard InChI is InChI=1S/C28H35NO11/c1-4-39-19(8-15(29)12(2)31)40-17-10-28(37,18(32)11-30)9-14-21(17)27(36)23-22(25(14)34)24(33)13-6-5-7-16(38-3)20(13)26(23)35/h5-7,12,15,17,19,22-23,30-31,34,36-37H,4,8-11,29H2,1-3H3/t12?,15?,17-,19?,22?,23?,28-/m0/s1. The van der Waals surface area contributed by atoms with Crippen LogP contribution in [0.4, 0.5) is 0 Å². The first-order valence-corrected chi connectivity index (χ1v) is 13.1. The highest BCUT2D eigenvalue weighted by Crippen LogP contribution is 2.51. The van der Waals surface area contributed by atoms with Gasteiger partial charge < -0.3 is 45.5 Å². The maximum Gasteiger partial charge on any atom is 0.190 e. The van der Waals surface area contributed by atoms with Gasteiger partial charge in [-0.2, -0.15) is 0 Å². The summed E-state index contributed by atoms with van der Waals surface area (Å²) in [6.45, 7) is 2.32. The second kappa shape index (κ2) is 11.4. The number of ether oxygens (including phenoxy) is 3. The quantitative estimate of drug-likeness (QED) is 0.220. The Morgan fingerprint density at radius 2 is 1.85 bits per heavy atom. The molecule has 7 N–H and O–H groups in total. The van der Waals surface area contributed by atoms with Crippen molar-refractivity contribution in [1.82, 2.24) is 0 Å². The molecule has 12 heteroatoms. The highest BCUT2D eigenvalue weighted by molar-refractivity contribution is 6.19. The lowest BCUT2D eigenvalue weighted by Crippen LogP contribution is -2.52. The van der Waals surface area contributed by atoms with Crippen LogP contribution in [0.1, 0.15) is 53.8 Å². The van der Waals surface area contributed by atoms with Gasteiger partial charge in [-0.05, 0) is 19.9 Å². The van der Waals surface area contributed by atoms with Crippen molar-refractivity contribution in [2.24, 2.45) is 17.6 Å². The molecule has 0 amide bonds. The van der Waals surface area contributed by atoms with Crippen molar-refractivity contribution in [3.05, 3.63) is 52.0 Å². The molecule has 0 aromatic heterocycles. The average Bonchev–Trinajstić information content (AvgIpc) is 2.92. The number of carbonyl (C=O) groups excluding carboxylic acids is 3. The first-order valence-electron chi connectivity index (χ1n) is 13.1. The van der Waals surface area contributed by atoms with E-state index in [0.717, 1.165) is 0 Å². The Bertz CT molecular complexity index is 1270. The molecular weight excluding hydrogens is 526 g/mol. The summed E-state index contributed by atoms with van der Waals surface area (Å²) in [7, 11) is 1.34. The second-order valence-corrected chi connectivity index (χ2v) is 10.4.